The molecule has 0 saturated carbocycles. The number of amides is 2. The lowest BCUT2D eigenvalue weighted by Crippen LogP contribution is -2.17. The van der Waals surface area contributed by atoms with Crippen molar-refractivity contribution in [2.45, 2.75) is 6.42 Å². The summed E-state index contributed by atoms with van der Waals surface area (Å²) in [7, 11) is 1.56. The molecule has 1 heterocycles. The summed E-state index contributed by atoms with van der Waals surface area (Å²) >= 11 is 0. The van der Waals surface area contributed by atoms with E-state index in [1.807, 2.05) is 24.3 Å². The summed E-state index contributed by atoms with van der Waals surface area (Å²) in [6.07, 6.45) is 5.55. The van der Waals surface area contributed by atoms with E-state index in [2.05, 4.69) is 15.8 Å². The Kier molecular flexibility index (Phi) is 5.43. The van der Waals surface area contributed by atoms with Gasteiger partial charge in [-0.25, -0.2) is 5.43 Å². The number of hydrogen-bond acceptors (Lipinski definition) is 4. The van der Waals surface area contributed by atoms with Gasteiger partial charge in [-0.1, -0.05) is 24.3 Å². The number of nitrogens with one attached hydrogen (secondary N) is 2. The molecule has 2 aromatic carbocycles. The zero-order chi connectivity index (χ0) is 18.4. The smallest absolute Gasteiger partial charge is 0.271 e. The highest BCUT2D eigenvalue weighted by Gasteiger charge is 2.11. The minimum absolute atomic E-state index is 0.206. The molecular formula is C20H19N3O3. The third-order valence-corrected chi connectivity index (χ3v) is 3.92. The minimum Gasteiger partial charge on any atom is -0.493 e. The molecule has 132 valence electrons. The lowest BCUT2D eigenvalue weighted by atomic mass is 10.1. The number of hydrogen-bond donors (Lipinski definition) is 2. The average molecular weight is 349 g/mol. The first-order valence-electron chi connectivity index (χ1n) is 8.25. The van der Waals surface area contributed by atoms with Crippen LogP contribution in [0.3, 0.4) is 0 Å². The second kappa shape index (κ2) is 8.11. The Morgan fingerprint density at radius 3 is 2.88 bits per heavy atom. The summed E-state index contributed by atoms with van der Waals surface area (Å²) in [6, 6.07) is 12.8. The lowest BCUT2D eigenvalue weighted by molar-refractivity contribution is -0.115. The summed E-state index contributed by atoms with van der Waals surface area (Å²) in [5, 5.41) is 6.50. The van der Waals surface area contributed by atoms with Gasteiger partial charge in [-0.15, -0.1) is 0 Å². The molecular weight excluding hydrogens is 330 g/mol. The van der Waals surface area contributed by atoms with Gasteiger partial charge in [-0.05, 0) is 41.0 Å². The van der Waals surface area contributed by atoms with Gasteiger partial charge in [0, 0.05) is 25.1 Å². The highest BCUT2D eigenvalue weighted by Crippen LogP contribution is 2.25. The van der Waals surface area contributed by atoms with Crippen LogP contribution in [-0.2, 0) is 11.2 Å². The molecule has 6 nitrogen and oxygen atoms in total. The van der Waals surface area contributed by atoms with Crippen LogP contribution in [0.5, 0.6) is 5.75 Å². The number of carbonyl (C=O) groups is 2. The molecule has 0 atom stereocenters. The predicted molar refractivity (Wildman–Crippen MR) is 100 cm³/mol. The Morgan fingerprint density at radius 2 is 2.04 bits per heavy atom. The number of nitrogens with zero attached hydrogens (tertiary/aromatic N) is 1. The molecule has 0 saturated heterocycles. The summed E-state index contributed by atoms with van der Waals surface area (Å²) in [5.41, 5.74) is 5.76. The minimum atomic E-state index is -0.325. The second-order valence-corrected chi connectivity index (χ2v) is 5.74. The number of rotatable bonds is 5. The van der Waals surface area contributed by atoms with E-state index in [9.17, 15) is 9.59 Å². The van der Waals surface area contributed by atoms with Crippen LogP contribution in [0.15, 0.2) is 53.6 Å². The van der Waals surface area contributed by atoms with E-state index in [1.165, 1.54) is 11.6 Å². The molecule has 1 aliphatic heterocycles. The molecule has 2 aromatic rings. The first-order chi connectivity index (χ1) is 12.7. The Hall–Kier alpha value is -3.41. The van der Waals surface area contributed by atoms with Crippen molar-refractivity contribution in [2.75, 3.05) is 13.7 Å². The van der Waals surface area contributed by atoms with E-state index in [0.29, 0.717) is 12.2 Å². The summed E-state index contributed by atoms with van der Waals surface area (Å²) < 4.78 is 5.51. The van der Waals surface area contributed by atoms with Crippen molar-refractivity contribution in [2.24, 2.45) is 5.10 Å². The third kappa shape index (κ3) is 4.36. The van der Waals surface area contributed by atoms with Crippen LogP contribution in [0.4, 0.5) is 0 Å². The van der Waals surface area contributed by atoms with Crippen LogP contribution in [0.25, 0.3) is 6.08 Å². The van der Waals surface area contributed by atoms with Crippen molar-refractivity contribution in [1.29, 1.82) is 0 Å². The monoisotopic (exact) mass is 349 g/mol. The van der Waals surface area contributed by atoms with E-state index in [4.69, 9.17) is 4.74 Å². The van der Waals surface area contributed by atoms with Crippen LogP contribution >= 0.6 is 0 Å². The van der Waals surface area contributed by atoms with Gasteiger partial charge in [-0.3, -0.25) is 9.59 Å². The maximum Gasteiger partial charge on any atom is 0.271 e. The number of likely N-dealkylation sites (N-methyl/N-ethyl adjacent to an activating group) is 1. The van der Waals surface area contributed by atoms with Crippen molar-refractivity contribution < 1.29 is 14.3 Å². The molecule has 0 bridgehead atoms. The molecule has 0 aliphatic carbocycles. The van der Waals surface area contributed by atoms with E-state index in [0.717, 1.165) is 23.3 Å². The molecule has 0 spiro atoms. The standard InChI is InChI=1S/C20H19N3O3/c1-21-19(24)8-6-14-3-2-4-17(11-14)20(25)23-22-13-15-5-7-16-9-10-26-18(16)12-15/h2-8,11-13H,9-10H2,1H3,(H,21,24)(H,23,25)/b8-6+,22-13+. The fourth-order valence-corrected chi connectivity index (χ4v) is 2.53. The van der Waals surface area contributed by atoms with E-state index < -0.39 is 0 Å². The number of carbonyl (C=O) groups excluding carboxylic acids is 2. The first kappa shape index (κ1) is 17.4. The van der Waals surface area contributed by atoms with Gasteiger partial charge < -0.3 is 10.1 Å². The SMILES string of the molecule is CNC(=O)/C=C/c1cccc(C(=O)N/N=C/c2ccc3c(c2)OCC3)c1. The van der Waals surface area contributed by atoms with Crippen molar-refractivity contribution in [3.63, 3.8) is 0 Å². The molecule has 3 rings (SSSR count). The zero-order valence-corrected chi connectivity index (χ0v) is 14.4. The molecule has 2 N–H and O–H groups in total. The zero-order valence-electron chi connectivity index (χ0n) is 14.4. The van der Waals surface area contributed by atoms with Gasteiger partial charge in [0.2, 0.25) is 5.91 Å². The van der Waals surface area contributed by atoms with Gasteiger partial charge >= 0.3 is 0 Å². The van der Waals surface area contributed by atoms with E-state index in [1.54, 1.807) is 37.5 Å². The van der Waals surface area contributed by atoms with Gasteiger partial charge in [0.25, 0.3) is 5.91 Å². The van der Waals surface area contributed by atoms with Crippen molar-refractivity contribution in [3.05, 3.63) is 70.8 Å². The first-order valence-corrected chi connectivity index (χ1v) is 8.25. The number of hydrazone groups is 1. The van der Waals surface area contributed by atoms with Crippen LogP contribution < -0.4 is 15.5 Å². The molecule has 0 fully saturated rings. The molecule has 6 heteroatoms. The molecule has 1 aliphatic rings. The van der Waals surface area contributed by atoms with Crippen LogP contribution in [0.2, 0.25) is 0 Å². The highest BCUT2D eigenvalue weighted by molar-refractivity contribution is 5.96. The van der Waals surface area contributed by atoms with E-state index >= 15 is 0 Å². The quantitative estimate of drug-likeness (QED) is 0.493. The van der Waals surface area contributed by atoms with Crippen molar-refractivity contribution >= 4 is 24.1 Å². The van der Waals surface area contributed by atoms with Gasteiger partial charge in [0.15, 0.2) is 0 Å². The predicted octanol–water partition coefficient (Wildman–Crippen LogP) is 2.14. The molecule has 0 radical (unpaired) electrons. The summed E-state index contributed by atoms with van der Waals surface area (Å²) in [4.78, 5) is 23.5. The number of ether oxygens (including phenoxy) is 1. The van der Waals surface area contributed by atoms with Crippen molar-refractivity contribution in [1.82, 2.24) is 10.7 Å². The van der Waals surface area contributed by atoms with Crippen LogP contribution in [0.1, 0.15) is 27.0 Å². The van der Waals surface area contributed by atoms with Crippen LogP contribution in [0, 0.1) is 0 Å². The fourth-order valence-electron chi connectivity index (χ4n) is 2.53. The highest BCUT2D eigenvalue weighted by atomic mass is 16.5. The van der Waals surface area contributed by atoms with Gasteiger partial charge in [-0.2, -0.15) is 5.10 Å². The Morgan fingerprint density at radius 1 is 1.15 bits per heavy atom. The van der Waals surface area contributed by atoms with Gasteiger partial charge in [0.1, 0.15) is 5.75 Å². The number of benzene rings is 2. The molecule has 0 unspecified atom stereocenters. The lowest BCUT2D eigenvalue weighted by Gasteiger charge is -2.02. The van der Waals surface area contributed by atoms with Crippen molar-refractivity contribution in [3.8, 4) is 5.75 Å². The maximum absolute atomic E-state index is 12.2. The Labute approximate surface area is 151 Å². The maximum atomic E-state index is 12.2. The largest absolute Gasteiger partial charge is 0.493 e. The average Bonchev–Trinajstić information content (AvgIpc) is 3.14. The normalized spacial score (nSPS) is 12.8. The Balaban J connectivity index is 1.63. The Bertz CT molecular complexity index is 888. The van der Waals surface area contributed by atoms with Gasteiger partial charge in [0.05, 0.1) is 12.8 Å². The molecule has 26 heavy (non-hydrogen) atoms. The second-order valence-electron chi connectivity index (χ2n) is 5.74. The summed E-state index contributed by atoms with van der Waals surface area (Å²) in [6.45, 7) is 0.706. The van der Waals surface area contributed by atoms with Crippen LogP contribution in [-0.4, -0.2) is 31.7 Å². The third-order valence-electron chi connectivity index (χ3n) is 3.92. The molecule has 2 amide bonds. The number of fused-ring (bicyclic) bond motifs is 1. The fraction of sp³-hybridized carbons (Fsp3) is 0.150. The summed E-state index contributed by atoms with van der Waals surface area (Å²) in [5.74, 6) is 0.340. The topological polar surface area (TPSA) is 79.8 Å². The van der Waals surface area contributed by atoms with E-state index in [-0.39, 0.29) is 11.8 Å². The molecule has 0 aromatic heterocycles.